The van der Waals surface area contributed by atoms with Gasteiger partial charge in [0.25, 0.3) is 0 Å². The lowest BCUT2D eigenvalue weighted by atomic mass is 9.95. The van der Waals surface area contributed by atoms with Crippen molar-refractivity contribution in [3.63, 3.8) is 0 Å². The molecule has 3 fully saturated rings. The van der Waals surface area contributed by atoms with Gasteiger partial charge in [0.15, 0.2) is 0 Å². The smallest absolute Gasteiger partial charge is 0.326 e. The number of likely N-dealkylation sites (tertiary alicyclic amines) is 1. The predicted octanol–water partition coefficient (Wildman–Crippen LogP) is 0.404. The largest absolute Gasteiger partial charge is 0.480 e. The molecule has 5 atom stereocenters. The third-order valence-electron chi connectivity index (χ3n) is 4.87. The lowest BCUT2D eigenvalue weighted by molar-refractivity contribution is -0.141. The first kappa shape index (κ1) is 12.7. The Kier molecular flexibility index (Phi) is 3.12. The fourth-order valence-corrected chi connectivity index (χ4v) is 3.94. The van der Waals surface area contributed by atoms with Crippen LogP contribution in [0.5, 0.6) is 0 Å². The molecule has 6 nitrogen and oxygen atoms in total. The normalized spacial score (nSPS) is 40.7. The van der Waals surface area contributed by atoms with Crippen LogP contribution in [0.4, 0.5) is 4.79 Å². The lowest BCUT2D eigenvalue weighted by Crippen LogP contribution is -2.50. The third-order valence-corrected chi connectivity index (χ3v) is 4.87. The van der Waals surface area contributed by atoms with E-state index in [1.807, 2.05) is 0 Å². The van der Waals surface area contributed by atoms with Gasteiger partial charge in [-0.25, -0.2) is 9.59 Å². The van der Waals surface area contributed by atoms with Crippen molar-refractivity contribution in [1.82, 2.24) is 10.2 Å². The van der Waals surface area contributed by atoms with Gasteiger partial charge in [-0.05, 0) is 31.1 Å². The number of rotatable bonds is 2. The highest BCUT2D eigenvalue weighted by Crippen LogP contribution is 2.44. The van der Waals surface area contributed by atoms with E-state index in [1.165, 1.54) is 24.2 Å². The number of urea groups is 1. The average molecular weight is 268 g/mol. The van der Waals surface area contributed by atoms with Gasteiger partial charge in [-0.15, -0.1) is 0 Å². The SMILES string of the molecule is O=C(O)[C@@H]1C[C@H](O)CN1C(=O)NC1CC2CCC1C2. The number of hydrogen-bond donors (Lipinski definition) is 3. The van der Waals surface area contributed by atoms with E-state index in [0.29, 0.717) is 5.92 Å². The van der Waals surface area contributed by atoms with Crippen molar-refractivity contribution in [2.45, 2.75) is 50.3 Å². The zero-order chi connectivity index (χ0) is 13.6. The number of carboxylic acid groups (broad SMARTS) is 1. The fourth-order valence-electron chi connectivity index (χ4n) is 3.94. The molecule has 0 aromatic heterocycles. The summed E-state index contributed by atoms with van der Waals surface area (Å²) >= 11 is 0. The number of carbonyl (C=O) groups is 2. The van der Waals surface area contributed by atoms with Crippen LogP contribution in [0.1, 0.15) is 32.1 Å². The van der Waals surface area contributed by atoms with Gasteiger partial charge in [0.05, 0.1) is 6.10 Å². The number of nitrogens with one attached hydrogen (secondary N) is 1. The van der Waals surface area contributed by atoms with Gasteiger partial charge in [-0.1, -0.05) is 6.42 Å². The summed E-state index contributed by atoms with van der Waals surface area (Å²) < 4.78 is 0. The molecule has 3 rings (SSSR count). The van der Waals surface area contributed by atoms with Crippen molar-refractivity contribution in [3.05, 3.63) is 0 Å². The molecule has 106 valence electrons. The molecule has 19 heavy (non-hydrogen) atoms. The van der Waals surface area contributed by atoms with Crippen LogP contribution in [0.2, 0.25) is 0 Å². The minimum absolute atomic E-state index is 0.115. The molecule has 3 aliphatic rings. The van der Waals surface area contributed by atoms with Crippen LogP contribution in [0.3, 0.4) is 0 Å². The van der Waals surface area contributed by atoms with Crippen molar-refractivity contribution >= 4 is 12.0 Å². The highest BCUT2D eigenvalue weighted by atomic mass is 16.4. The molecule has 3 N–H and O–H groups in total. The Morgan fingerprint density at radius 1 is 1.16 bits per heavy atom. The summed E-state index contributed by atoms with van der Waals surface area (Å²) in [5.41, 5.74) is 0. The topological polar surface area (TPSA) is 89.9 Å². The van der Waals surface area contributed by atoms with Crippen LogP contribution >= 0.6 is 0 Å². The second-order valence-corrected chi connectivity index (χ2v) is 6.13. The maximum Gasteiger partial charge on any atom is 0.326 e. The van der Waals surface area contributed by atoms with Crippen molar-refractivity contribution < 1.29 is 19.8 Å². The van der Waals surface area contributed by atoms with Crippen LogP contribution in [0.15, 0.2) is 0 Å². The third kappa shape index (κ3) is 2.29. The molecule has 6 heteroatoms. The second kappa shape index (κ2) is 4.67. The molecule has 0 aromatic rings. The van der Waals surface area contributed by atoms with Gasteiger partial charge in [-0.3, -0.25) is 0 Å². The zero-order valence-corrected chi connectivity index (χ0v) is 10.8. The van der Waals surface area contributed by atoms with Gasteiger partial charge in [-0.2, -0.15) is 0 Å². The van der Waals surface area contributed by atoms with E-state index in [1.54, 1.807) is 0 Å². The Bertz CT molecular complexity index is 400. The quantitative estimate of drug-likeness (QED) is 0.676. The van der Waals surface area contributed by atoms with Gasteiger partial charge in [0, 0.05) is 19.0 Å². The average Bonchev–Trinajstić information content (AvgIpc) is 3.02. The number of aliphatic carboxylic acids is 1. The molecule has 2 aliphatic carbocycles. The molecule has 0 spiro atoms. The maximum absolute atomic E-state index is 12.2. The molecule has 1 aliphatic heterocycles. The number of hydrogen-bond acceptors (Lipinski definition) is 3. The van der Waals surface area contributed by atoms with Gasteiger partial charge in [0.1, 0.15) is 6.04 Å². The Morgan fingerprint density at radius 2 is 1.95 bits per heavy atom. The number of nitrogens with zero attached hydrogens (tertiary/aromatic N) is 1. The van der Waals surface area contributed by atoms with E-state index in [0.717, 1.165) is 12.3 Å². The van der Waals surface area contributed by atoms with Crippen molar-refractivity contribution in [2.24, 2.45) is 11.8 Å². The lowest BCUT2D eigenvalue weighted by Gasteiger charge is -2.28. The summed E-state index contributed by atoms with van der Waals surface area (Å²) in [5.74, 6) is 0.249. The van der Waals surface area contributed by atoms with E-state index in [4.69, 9.17) is 5.11 Å². The molecule has 3 unspecified atom stereocenters. The van der Waals surface area contributed by atoms with E-state index in [9.17, 15) is 14.7 Å². The Balaban J connectivity index is 1.62. The Morgan fingerprint density at radius 3 is 2.53 bits per heavy atom. The van der Waals surface area contributed by atoms with E-state index in [2.05, 4.69) is 5.32 Å². The second-order valence-electron chi connectivity index (χ2n) is 6.13. The van der Waals surface area contributed by atoms with Gasteiger partial charge < -0.3 is 20.4 Å². The minimum Gasteiger partial charge on any atom is -0.480 e. The number of amides is 2. The predicted molar refractivity (Wildman–Crippen MR) is 66.5 cm³/mol. The van der Waals surface area contributed by atoms with Crippen LogP contribution in [-0.2, 0) is 4.79 Å². The van der Waals surface area contributed by atoms with Crippen LogP contribution in [0.25, 0.3) is 0 Å². The highest BCUT2D eigenvalue weighted by Gasteiger charge is 2.43. The summed E-state index contributed by atoms with van der Waals surface area (Å²) in [4.78, 5) is 24.5. The molecule has 0 aromatic carbocycles. The van der Waals surface area contributed by atoms with Crippen LogP contribution in [-0.4, -0.2) is 51.8 Å². The summed E-state index contributed by atoms with van der Waals surface area (Å²) in [6, 6.07) is -1.03. The van der Waals surface area contributed by atoms with Gasteiger partial charge >= 0.3 is 12.0 Å². The van der Waals surface area contributed by atoms with Crippen LogP contribution in [0, 0.1) is 11.8 Å². The van der Waals surface area contributed by atoms with Crippen LogP contribution < -0.4 is 5.32 Å². The van der Waals surface area contributed by atoms with E-state index in [-0.39, 0.29) is 25.0 Å². The fraction of sp³-hybridized carbons (Fsp3) is 0.846. The van der Waals surface area contributed by atoms with Crippen molar-refractivity contribution in [1.29, 1.82) is 0 Å². The monoisotopic (exact) mass is 268 g/mol. The first-order valence-electron chi connectivity index (χ1n) is 7.02. The number of fused-ring (bicyclic) bond motifs is 2. The van der Waals surface area contributed by atoms with Gasteiger partial charge in [0.2, 0.25) is 0 Å². The zero-order valence-electron chi connectivity index (χ0n) is 10.8. The Labute approximate surface area is 111 Å². The van der Waals surface area contributed by atoms with Crippen molar-refractivity contribution in [2.75, 3.05) is 6.54 Å². The molecule has 1 heterocycles. The number of aliphatic hydroxyl groups is 1. The molecule has 1 saturated heterocycles. The molecular weight excluding hydrogens is 248 g/mol. The molecule has 0 radical (unpaired) electrons. The molecule has 2 saturated carbocycles. The van der Waals surface area contributed by atoms with E-state index >= 15 is 0 Å². The highest BCUT2D eigenvalue weighted by molar-refractivity contribution is 5.83. The molecular formula is C13H20N2O4. The minimum atomic E-state index is -1.04. The van der Waals surface area contributed by atoms with Crippen molar-refractivity contribution in [3.8, 4) is 0 Å². The summed E-state index contributed by atoms with van der Waals surface area (Å²) in [5, 5.41) is 21.6. The first-order valence-corrected chi connectivity index (χ1v) is 7.02. The molecule has 2 amide bonds. The van der Waals surface area contributed by atoms with E-state index < -0.39 is 18.1 Å². The summed E-state index contributed by atoms with van der Waals surface area (Å²) in [7, 11) is 0. The Hall–Kier alpha value is -1.30. The number of aliphatic hydroxyl groups excluding tert-OH is 1. The summed E-state index contributed by atoms with van der Waals surface area (Å²) in [6.45, 7) is 0.115. The molecule has 2 bridgehead atoms. The maximum atomic E-state index is 12.2. The summed E-state index contributed by atoms with van der Waals surface area (Å²) in [6.07, 6.45) is 4.03. The first-order chi connectivity index (χ1) is 9.04. The number of carboxylic acids is 1. The standard InChI is InChI=1S/C13H20N2O4/c16-9-5-11(12(17)18)15(6-9)13(19)14-10-4-7-1-2-8(10)3-7/h7-11,16H,1-6H2,(H,14,19)(H,17,18)/t7?,8?,9-,10?,11-/m0/s1. The number of carbonyl (C=O) groups excluding carboxylic acids is 1. The number of β-amino-alcohol motifs (C(OH)–C–C–N with tert-alkyl or cyclic N) is 1.